The average Bonchev–Trinajstić information content (AvgIpc) is 3.39. The van der Waals surface area contributed by atoms with Crippen molar-refractivity contribution in [1.29, 1.82) is 0 Å². The summed E-state index contributed by atoms with van der Waals surface area (Å²) in [5.74, 6) is 0. The highest BCUT2D eigenvalue weighted by Crippen LogP contribution is 2.37. The molecular weight excluding hydrogens is 594 g/mol. The first kappa shape index (κ1) is 35.8. The summed E-state index contributed by atoms with van der Waals surface area (Å²) in [6.45, 7) is 14.7. The van der Waals surface area contributed by atoms with Crippen molar-refractivity contribution >= 4 is 24.2 Å². The molecule has 11 heteroatoms. The van der Waals surface area contributed by atoms with Crippen LogP contribution in [0.4, 0.5) is 4.79 Å². The summed E-state index contributed by atoms with van der Waals surface area (Å²) in [5, 5.41) is 9.50. The van der Waals surface area contributed by atoms with E-state index in [1.165, 1.54) is 24.2 Å². The van der Waals surface area contributed by atoms with Crippen LogP contribution in [0.3, 0.4) is 0 Å². The Morgan fingerprint density at radius 3 is 2.51 bits per heavy atom. The molecule has 2 amide bonds. The van der Waals surface area contributed by atoms with E-state index in [1.807, 2.05) is 50.8 Å². The van der Waals surface area contributed by atoms with Gasteiger partial charge in [0.1, 0.15) is 6.10 Å². The fourth-order valence-corrected chi connectivity index (χ4v) is 5.64. The van der Waals surface area contributed by atoms with E-state index in [2.05, 4.69) is 75.1 Å². The predicted molar refractivity (Wildman–Crippen MR) is 185 cm³/mol. The number of amides is 2. The molecule has 3 aromatic rings. The Labute approximate surface area is 279 Å². The number of nitrogens with one attached hydrogen (secondary N) is 3. The molecule has 1 aliphatic carbocycles. The maximum Gasteiger partial charge on any atom is 0.315 e. The molecule has 6 rings (SSSR count). The molecule has 3 aliphatic rings. The SMILES string of the molecule is CN1CCNCC1.Cc1ccc2c(c1)C(C(NC(=O)NC(C)(C)C)c1cncn1C)=Cc1cccnc1C2.O=COC1CCOCC1. The Morgan fingerprint density at radius 1 is 1.15 bits per heavy atom. The molecule has 1 atom stereocenters. The molecule has 254 valence electrons. The molecule has 0 bridgehead atoms. The van der Waals surface area contributed by atoms with Crippen molar-refractivity contribution < 1.29 is 19.1 Å². The number of imidazole rings is 1. The number of nitrogens with zero attached hydrogens (tertiary/aromatic N) is 4. The molecule has 2 aliphatic heterocycles. The van der Waals surface area contributed by atoms with Crippen LogP contribution in [0.15, 0.2) is 49.1 Å². The Kier molecular flexibility index (Phi) is 13.1. The van der Waals surface area contributed by atoms with E-state index in [0.29, 0.717) is 6.47 Å². The molecule has 4 heterocycles. The predicted octanol–water partition coefficient (Wildman–Crippen LogP) is 4.27. The zero-order valence-electron chi connectivity index (χ0n) is 28.7. The van der Waals surface area contributed by atoms with Crippen LogP contribution >= 0.6 is 0 Å². The number of ether oxygens (including phenoxy) is 2. The van der Waals surface area contributed by atoms with Gasteiger partial charge in [0.25, 0.3) is 6.47 Å². The second-order valence-electron chi connectivity index (χ2n) is 13.3. The van der Waals surface area contributed by atoms with Gasteiger partial charge in [-0.05, 0) is 69.1 Å². The summed E-state index contributed by atoms with van der Waals surface area (Å²) in [7, 11) is 4.10. The third-order valence-corrected chi connectivity index (χ3v) is 8.15. The molecule has 0 radical (unpaired) electrons. The minimum atomic E-state index is -0.374. The Hall–Kier alpha value is -4.06. The van der Waals surface area contributed by atoms with Gasteiger partial charge in [-0.15, -0.1) is 0 Å². The average molecular weight is 646 g/mol. The molecular formula is C36H51N7O4. The summed E-state index contributed by atoms with van der Waals surface area (Å²) in [6, 6.07) is 9.93. The van der Waals surface area contributed by atoms with Crippen molar-refractivity contribution in [2.24, 2.45) is 7.05 Å². The molecule has 0 spiro atoms. The molecule has 1 aromatic carbocycles. The second-order valence-corrected chi connectivity index (χ2v) is 13.3. The van der Waals surface area contributed by atoms with E-state index in [9.17, 15) is 9.59 Å². The summed E-state index contributed by atoms with van der Waals surface area (Å²) in [4.78, 5) is 34.0. The van der Waals surface area contributed by atoms with Crippen molar-refractivity contribution in [3.8, 4) is 0 Å². The van der Waals surface area contributed by atoms with Crippen LogP contribution in [0.2, 0.25) is 0 Å². The molecule has 2 aromatic heterocycles. The number of carbonyl (C=O) groups excluding carboxylic acids is 2. The van der Waals surface area contributed by atoms with Crippen LogP contribution in [0, 0.1) is 6.92 Å². The van der Waals surface area contributed by atoms with Gasteiger partial charge in [0, 0.05) is 64.2 Å². The molecule has 3 N–H and O–H groups in total. The number of benzene rings is 1. The van der Waals surface area contributed by atoms with Crippen LogP contribution in [-0.2, 0) is 27.7 Å². The van der Waals surface area contributed by atoms with Crippen LogP contribution in [-0.4, -0.2) is 90.0 Å². The zero-order chi connectivity index (χ0) is 33.8. The highest BCUT2D eigenvalue weighted by molar-refractivity contribution is 5.90. The van der Waals surface area contributed by atoms with Crippen molar-refractivity contribution in [1.82, 2.24) is 35.4 Å². The first-order valence-corrected chi connectivity index (χ1v) is 16.4. The fourth-order valence-electron chi connectivity index (χ4n) is 5.64. The lowest BCUT2D eigenvalue weighted by Crippen LogP contribution is -2.47. The van der Waals surface area contributed by atoms with E-state index in [-0.39, 0.29) is 23.7 Å². The van der Waals surface area contributed by atoms with E-state index < -0.39 is 0 Å². The quantitative estimate of drug-likeness (QED) is 0.352. The van der Waals surface area contributed by atoms with Gasteiger partial charge >= 0.3 is 6.03 Å². The minimum absolute atomic E-state index is 0.108. The molecule has 2 fully saturated rings. The smallest absolute Gasteiger partial charge is 0.315 e. The van der Waals surface area contributed by atoms with E-state index in [0.717, 1.165) is 73.7 Å². The Morgan fingerprint density at radius 2 is 1.89 bits per heavy atom. The lowest BCUT2D eigenvalue weighted by Gasteiger charge is -2.27. The maximum atomic E-state index is 12.9. The third-order valence-electron chi connectivity index (χ3n) is 8.15. The fraction of sp³-hybridized carbons (Fsp3) is 0.500. The van der Waals surface area contributed by atoms with Crippen LogP contribution < -0.4 is 16.0 Å². The van der Waals surface area contributed by atoms with Gasteiger partial charge in [-0.1, -0.05) is 29.8 Å². The normalized spacial score (nSPS) is 17.1. The van der Waals surface area contributed by atoms with Gasteiger partial charge in [-0.25, -0.2) is 9.78 Å². The number of carbonyl (C=O) groups is 2. The summed E-state index contributed by atoms with van der Waals surface area (Å²) >= 11 is 0. The number of rotatable bonds is 5. The molecule has 0 saturated carbocycles. The lowest BCUT2D eigenvalue weighted by atomic mass is 9.91. The van der Waals surface area contributed by atoms with Crippen molar-refractivity contribution in [3.05, 3.63) is 82.7 Å². The molecule has 11 nitrogen and oxygen atoms in total. The highest BCUT2D eigenvalue weighted by atomic mass is 16.5. The number of hydrogen-bond donors (Lipinski definition) is 3. The second kappa shape index (κ2) is 17.2. The monoisotopic (exact) mass is 645 g/mol. The molecule has 2 saturated heterocycles. The van der Waals surface area contributed by atoms with Gasteiger partial charge in [0.05, 0.1) is 43.2 Å². The molecule has 1 unspecified atom stereocenters. The summed E-state index contributed by atoms with van der Waals surface area (Å²) in [6.07, 6.45) is 10.1. The van der Waals surface area contributed by atoms with Gasteiger partial charge < -0.3 is 34.9 Å². The number of hydrogen-bond acceptors (Lipinski definition) is 8. The number of urea groups is 1. The standard InChI is InChI=1S/C25H29N5O.C6H10O3.C5H12N2/c1-16-8-9-17-13-21-18(7-6-10-27-21)12-20(19(17)11-16)23(22-14-26-15-30(22)5)28-24(31)29-25(2,3)4;7-5-9-6-1-3-8-4-2-6;1-7-4-2-6-3-5-7/h6-12,14-15,23H,13H2,1-5H3,(H2,28,29,31);5-6H,1-4H2;6H,2-5H2,1H3. The number of piperazine rings is 1. The van der Waals surface area contributed by atoms with Crippen molar-refractivity contribution in [2.45, 2.75) is 64.6 Å². The van der Waals surface area contributed by atoms with Gasteiger partial charge in [0.15, 0.2) is 0 Å². The van der Waals surface area contributed by atoms with Gasteiger partial charge in [-0.2, -0.15) is 0 Å². The first-order valence-electron chi connectivity index (χ1n) is 16.4. The van der Waals surface area contributed by atoms with Gasteiger partial charge in [-0.3, -0.25) is 9.78 Å². The molecule has 47 heavy (non-hydrogen) atoms. The number of pyridine rings is 1. The first-order chi connectivity index (χ1) is 22.5. The largest absolute Gasteiger partial charge is 0.464 e. The number of likely N-dealkylation sites (N-methyl/N-ethyl adjacent to an activating group) is 1. The van der Waals surface area contributed by atoms with Crippen LogP contribution in [0.5, 0.6) is 0 Å². The topological polar surface area (TPSA) is 123 Å². The Bertz CT molecular complexity index is 1480. The lowest BCUT2D eigenvalue weighted by molar-refractivity contribution is -0.137. The number of fused-ring (bicyclic) bond motifs is 2. The number of aryl methyl sites for hydroxylation is 2. The van der Waals surface area contributed by atoms with E-state index in [1.54, 1.807) is 6.33 Å². The number of aromatic nitrogens is 3. The highest BCUT2D eigenvalue weighted by Gasteiger charge is 2.28. The van der Waals surface area contributed by atoms with Crippen LogP contribution in [0.1, 0.15) is 73.3 Å². The van der Waals surface area contributed by atoms with Gasteiger partial charge in [0.2, 0.25) is 0 Å². The van der Waals surface area contributed by atoms with Crippen molar-refractivity contribution in [2.75, 3.05) is 46.4 Å². The summed E-state index contributed by atoms with van der Waals surface area (Å²) in [5.41, 5.74) is 7.19. The third kappa shape index (κ3) is 11.0. The minimum Gasteiger partial charge on any atom is -0.464 e. The maximum absolute atomic E-state index is 12.9. The Balaban J connectivity index is 0.000000254. The van der Waals surface area contributed by atoms with Crippen molar-refractivity contribution in [3.63, 3.8) is 0 Å². The van der Waals surface area contributed by atoms with E-state index >= 15 is 0 Å². The van der Waals surface area contributed by atoms with E-state index in [4.69, 9.17) is 9.47 Å². The van der Waals surface area contributed by atoms with Crippen LogP contribution in [0.25, 0.3) is 11.6 Å². The summed E-state index contributed by atoms with van der Waals surface area (Å²) < 4.78 is 11.7. The zero-order valence-corrected chi connectivity index (χ0v) is 28.7.